The third-order valence-electron chi connectivity index (χ3n) is 5.83. The number of aromatic nitrogens is 7. The van der Waals surface area contributed by atoms with E-state index in [0.29, 0.717) is 22.8 Å². The molecule has 0 saturated heterocycles. The van der Waals surface area contributed by atoms with Crippen LogP contribution < -0.4 is 4.90 Å². The normalized spacial score (nSPS) is 21.5. The maximum absolute atomic E-state index is 14.9. The van der Waals surface area contributed by atoms with E-state index >= 15 is 0 Å². The summed E-state index contributed by atoms with van der Waals surface area (Å²) in [4.78, 5) is 7.53. The summed E-state index contributed by atoms with van der Waals surface area (Å²) >= 11 is 0. The lowest BCUT2D eigenvalue weighted by molar-refractivity contribution is 0.134. The van der Waals surface area contributed by atoms with Crippen molar-refractivity contribution in [2.75, 3.05) is 11.9 Å². The number of aryl methyl sites for hydroxylation is 1. The highest BCUT2D eigenvalue weighted by Gasteiger charge is 2.35. The van der Waals surface area contributed by atoms with Gasteiger partial charge < -0.3 is 10.0 Å². The fraction of sp³-hybridized carbons (Fsp3) is 0.500. The molecule has 0 radical (unpaired) electrons. The van der Waals surface area contributed by atoms with Gasteiger partial charge in [-0.05, 0) is 36.1 Å². The van der Waals surface area contributed by atoms with Gasteiger partial charge in [0, 0.05) is 12.6 Å². The highest BCUT2D eigenvalue weighted by atomic mass is 19.1. The Morgan fingerprint density at radius 2 is 2.03 bits per heavy atom. The highest BCUT2D eigenvalue weighted by molar-refractivity contribution is 5.69. The van der Waals surface area contributed by atoms with Gasteiger partial charge in [0.15, 0.2) is 11.6 Å². The summed E-state index contributed by atoms with van der Waals surface area (Å²) in [6.07, 6.45) is 4.26. The van der Waals surface area contributed by atoms with Crippen LogP contribution in [0.15, 0.2) is 24.4 Å². The van der Waals surface area contributed by atoms with Crippen molar-refractivity contribution in [3.05, 3.63) is 24.4 Å². The second kappa shape index (κ2) is 8.29. The Morgan fingerprint density at radius 1 is 1.20 bits per heavy atom. The lowest BCUT2D eigenvalue weighted by atomic mass is 9.82. The first-order chi connectivity index (χ1) is 14.5. The zero-order valence-electron chi connectivity index (χ0n) is 17.3. The smallest absolute Gasteiger partial charge is 0.205 e. The van der Waals surface area contributed by atoms with Gasteiger partial charge in [-0.15, -0.1) is 20.4 Å². The molecular formula is C20H25FN8O. The number of nitrogens with zero attached hydrogens (tertiary/aromatic N) is 8. The third-order valence-corrected chi connectivity index (χ3v) is 5.83. The predicted molar refractivity (Wildman–Crippen MR) is 109 cm³/mol. The molecule has 1 aliphatic carbocycles. The van der Waals surface area contributed by atoms with Gasteiger partial charge in [0.1, 0.15) is 11.9 Å². The van der Waals surface area contributed by atoms with E-state index in [4.69, 9.17) is 0 Å². The maximum Gasteiger partial charge on any atom is 0.205 e. The van der Waals surface area contributed by atoms with Crippen molar-refractivity contribution in [3.8, 4) is 28.5 Å². The first-order valence-corrected chi connectivity index (χ1v) is 10.1. The molecular weight excluding hydrogens is 387 g/mol. The van der Waals surface area contributed by atoms with E-state index in [2.05, 4.69) is 30.6 Å². The molecule has 3 aromatic rings. The molecule has 0 amide bonds. The SMILES string of the molecule is CC[C@@H]1CCC[C@H](N(C)c2cnc(-c3ccc(-c4nnn(C)n4)cc3O)nn2)[C@@H]1F. The lowest BCUT2D eigenvalue weighted by Crippen LogP contribution is -2.45. The number of phenols is 1. The van der Waals surface area contributed by atoms with Crippen molar-refractivity contribution >= 4 is 5.82 Å². The Hall–Kier alpha value is -3.17. The minimum absolute atomic E-state index is 0.00949. The summed E-state index contributed by atoms with van der Waals surface area (Å²) in [7, 11) is 3.50. The minimum atomic E-state index is -0.887. The van der Waals surface area contributed by atoms with Gasteiger partial charge in [0.05, 0.1) is 24.8 Å². The average molecular weight is 412 g/mol. The molecule has 10 heteroatoms. The molecule has 1 fully saturated rings. The van der Waals surface area contributed by atoms with Crippen LogP contribution in [0, 0.1) is 5.92 Å². The Balaban J connectivity index is 1.53. The molecule has 0 unspecified atom stereocenters. The van der Waals surface area contributed by atoms with Gasteiger partial charge in [0.2, 0.25) is 5.82 Å². The first-order valence-electron chi connectivity index (χ1n) is 10.1. The lowest BCUT2D eigenvalue weighted by Gasteiger charge is -2.38. The number of rotatable bonds is 5. The van der Waals surface area contributed by atoms with Crippen LogP contribution in [0.4, 0.5) is 10.2 Å². The predicted octanol–water partition coefficient (Wildman–Crippen LogP) is 2.79. The largest absolute Gasteiger partial charge is 0.507 e. The number of halogens is 1. The molecule has 1 aliphatic rings. The number of hydrogen-bond acceptors (Lipinski definition) is 8. The Labute approximate surface area is 174 Å². The van der Waals surface area contributed by atoms with Gasteiger partial charge >= 0.3 is 0 Å². The van der Waals surface area contributed by atoms with Crippen LogP contribution in [0.2, 0.25) is 0 Å². The van der Waals surface area contributed by atoms with E-state index in [9.17, 15) is 9.50 Å². The zero-order chi connectivity index (χ0) is 21.3. The second-order valence-electron chi connectivity index (χ2n) is 7.70. The number of aromatic hydroxyl groups is 1. The van der Waals surface area contributed by atoms with E-state index in [0.717, 1.165) is 25.7 Å². The van der Waals surface area contributed by atoms with Crippen molar-refractivity contribution in [1.29, 1.82) is 0 Å². The molecule has 2 heterocycles. The number of alkyl halides is 1. The van der Waals surface area contributed by atoms with Crippen LogP contribution in [-0.4, -0.2) is 59.8 Å². The monoisotopic (exact) mass is 412 g/mol. The van der Waals surface area contributed by atoms with E-state index in [-0.39, 0.29) is 23.5 Å². The molecule has 9 nitrogen and oxygen atoms in total. The number of hydrogen-bond donors (Lipinski definition) is 1. The van der Waals surface area contributed by atoms with Gasteiger partial charge in [-0.2, -0.15) is 4.80 Å². The molecule has 158 valence electrons. The number of benzene rings is 1. The van der Waals surface area contributed by atoms with E-state index in [1.54, 1.807) is 25.4 Å². The standard InChI is InChI=1S/C20H25FN8O/c1-4-12-6-5-7-15(18(12)21)28(2)17-11-22-20(24-23-17)14-9-8-13(10-16(14)30)19-25-27-29(3)26-19/h8-12,15,18,30H,4-7H2,1-3H3/t12-,15+,18-/m1/s1. The summed E-state index contributed by atoms with van der Waals surface area (Å²) < 4.78 is 14.9. The van der Waals surface area contributed by atoms with Crippen molar-refractivity contribution < 1.29 is 9.50 Å². The van der Waals surface area contributed by atoms with Crippen molar-refractivity contribution in [2.45, 2.75) is 44.8 Å². The van der Waals surface area contributed by atoms with Crippen LogP contribution in [0.5, 0.6) is 5.75 Å². The molecule has 1 N–H and O–H groups in total. The average Bonchev–Trinajstić information content (AvgIpc) is 3.20. The van der Waals surface area contributed by atoms with Gasteiger partial charge in [-0.3, -0.25) is 0 Å². The minimum Gasteiger partial charge on any atom is -0.507 e. The number of phenolic OH excluding ortho intramolecular Hbond substituents is 1. The van der Waals surface area contributed by atoms with Crippen LogP contribution in [0.25, 0.3) is 22.8 Å². The van der Waals surface area contributed by atoms with E-state index in [1.165, 1.54) is 10.9 Å². The van der Waals surface area contributed by atoms with Crippen LogP contribution in [0.1, 0.15) is 32.6 Å². The van der Waals surface area contributed by atoms with Crippen LogP contribution in [-0.2, 0) is 7.05 Å². The molecule has 1 aromatic carbocycles. The second-order valence-corrected chi connectivity index (χ2v) is 7.70. The van der Waals surface area contributed by atoms with Gasteiger partial charge in [-0.1, -0.05) is 25.8 Å². The fourth-order valence-electron chi connectivity index (χ4n) is 4.04. The third kappa shape index (κ3) is 3.81. The molecule has 1 saturated carbocycles. The fourth-order valence-corrected chi connectivity index (χ4v) is 4.04. The Kier molecular flexibility index (Phi) is 5.56. The summed E-state index contributed by atoms with van der Waals surface area (Å²) in [5.41, 5.74) is 1.07. The molecule has 2 aromatic heterocycles. The molecule has 3 atom stereocenters. The van der Waals surface area contributed by atoms with Gasteiger partial charge in [0.25, 0.3) is 0 Å². The quantitative estimate of drug-likeness (QED) is 0.682. The van der Waals surface area contributed by atoms with E-state index in [1.807, 2.05) is 18.9 Å². The zero-order valence-corrected chi connectivity index (χ0v) is 17.3. The van der Waals surface area contributed by atoms with Crippen LogP contribution >= 0.6 is 0 Å². The highest BCUT2D eigenvalue weighted by Crippen LogP contribution is 2.34. The summed E-state index contributed by atoms with van der Waals surface area (Å²) in [6.45, 7) is 2.04. The van der Waals surface area contributed by atoms with Crippen molar-refractivity contribution in [2.24, 2.45) is 13.0 Å². The summed E-state index contributed by atoms with van der Waals surface area (Å²) in [5, 5.41) is 30.7. The van der Waals surface area contributed by atoms with E-state index < -0.39 is 6.17 Å². The first kappa shape index (κ1) is 20.1. The molecule has 0 bridgehead atoms. The summed E-state index contributed by atoms with van der Waals surface area (Å²) in [6, 6.07) is 4.76. The molecule has 0 spiro atoms. The topological polar surface area (TPSA) is 106 Å². The Bertz CT molecular complexity index is 1010. The van der Waals surface area contributed by atoms with Crippen molar-refractivity contribution in [1.82, 2.24) is 35.4 Å². The maximum atomic E-state index is 14.9. The summed E-state index contributed by atoms with van der Waals surface area (Å²) in [5.74, 6) is 1.29. The van der Waals surface area contributed by atoms with Crippen molar-refractivity contribution in [3.63, 3.8) is 0 Å². The number of tetrazole rings is 1. The van der Waals surface area contributed by atoms with Gasteiger partial charge in [-0.25, -0.2) is 9.37 Å². The molecule has 30 heavy (non-hydrogen) atoms. The Morgan fingerprint density at radius 3 is 2.67 bits per heavy atom. The molecule has 4 rings (SSSR count). The van der Waals surface area contributed by atoms with Crippen LogP contribution in [0.3, 0.4) is 0 Å². The number of anilines is 1. The molecule has 0 aliphatic heterocycles.